The van der Waals surface area contributed by atoms with Crippen molar-refractivity contribution in [2.75, 3.05) is 7.05 Å². The van der Waals surface area contributed by atoms with Crippen molar-refractivity contribution in [2.24, 2.45) is 0 Å². The molecule has 3 heteroatoms. The van der Waals surface area contributed by atoms with Crippen molar-refractivity contribution in [3.63, 3.8) is 0 Å². The van der Waals surface area contributed by atoms with Crippen LogP contribution in [0.3, 0.4) is 0 Å². The second-order valence-corrected chi connectivity index (χ2v) is 5.11. The third-order valence-electron chi connectivity index (χ3n) is 2.09. The van der Waals surface area contributed by atoms with Crippen LogP contribution in [0.15, 0.2) is 9.85 Å². The van der Waals surface area contributed by atoms with Gasteiger partial charge in [0.2, 0.25) is 0 Å². The third kappa shape index (κ3) is 1.73. The van der Waals surface area contributed by atoms with E-state index in [1.54, 1.807) is 11.3 Å². The Hall–Kier alpha value is 0.140. The summed E-state index contributed by atoms with van der Waals surface area (Å²) in [6.07, 6.45) is 0. The molecule has 1 aromatic heterocycles. The first kappa shape index (κ1) is 10.2. The molecule has 0 saturated carbocycles. The van der Waals surface area contributed by atoms with Crippen LogP contribution in [0.4, 0.5) is 0 Å². The number of hydrogen-bond donors (Lipinski definition) is 1. The summed E-state index contributed by atoms with van der Waals surface area (Å²) in [4.78, 5) is 1.36. The predicted molar refractivity (Wildman–Crippen MR) is 58.8 cm³/mol. The Morgan fingerprint density at radius 1 is 1.50 bits per heavy atom. The van der Waals surface area contributed by atoms with Crippen LogP contribution in [0, 0.1) is 6.92 Å². The summed E-state index contributed by atoms with van der Waals surface area (Å²) < 4.78 is 1.24. The molecular weight excluding hydrogens is 234 g/mol. The van der Waals surface area contributed by atoms with Crippen LogP contribution in [0.2, 0.25) is 0 Å². The van der Waals surface area contributed by atoms with Crippen molar-refractivity contribution in [1.82, 2.24) is 5.32 Å². The van der Waals surface area contributed by atoms with E-state index in [1.807, 2.05) is 7.05 Å². The van der Waals surface area contributed by atoms with Gasteiger partial charge in [0.25, 0.3) is 0 Å². The van der Waals surface area contributed by atoms with E-state index in [0.29, 0.717) is 0 Å². The van der Waals surface area contributed by atoms with Gasteiger partial charge in [-0.15, -0.1) is 11.3 Å². The van der Waals surface area contributed by atoms with Crippen molar-refractivity contribution in [1.29, 1.82) is 0 Å². The molecule has 1 heterocycles. The summed E-state index contributed by atoms with van der Waals surface area (Å²) >= 11 is 5.40. The van der Waals surface area contributed by atoms with Crippen LogP contribution in [-0.4, -0.2) is 7.05 Å². The van der Waals surface area contributed by atoms with Crippen LogP contribution >= 0.6 is 27.3 Å². The summed E-state index contributed by atoms with van der Waals surface area (Å²) in [5, 5.41) is 5.47. The quantitative estimate of drug-likeness (QED) is 0.846. The minimum atomic E-state index is 0.0672. The highest BCUT2D eigenvalue weighted by Gasteiger charge is 2.22. The maximum absolute atomic E-state index is 3.60. The van der Waals surface area contributed by atoms with E-state index in [-0.39, 0.29) is 5.54 Å². The Kier molecular flexibility index (Phi) is 2.97. The molecule has 0 aliphatic carbocycles. The van der Waals surface area contributed by atoms with E-state index >= 15 is 0 Å². The summed E-state index contributed by atoms with van der Waals surface area (Å²) in [6, 6.07) is 0. The maximum atomic E-state index is 3.60. The van der Waals surface area contributed by atoms with Crippen LogP contribution in [0.25, 0.3) is 0 Å². The first-order chi connectivity index (χ1) is 5.49. The molecule has 0 radical (unpaired) electrons. The molecule has 0 aliphatic heterocycles. The first-order valence-corrected chi connectivity index (χ1v) is 5.59. The third-order valence-corrected chi connectivity index (χ3v) is 4.80. The molecule has 0 spiro atoms. The van der Waals surface area contributed by atoms with Gasteiger partial charge in [-0.25, -0.2) is 0 Å². The Bertz CT molecular complexity index is 278. The van der Waals surface area contributed by atoms with Gasteiger partial charge in [-0.1, -0.05) is 0 Å². The van der Waals surface area contributed by atoms with Gasteiger partial charge in [-0.3, -0.25) is 0 Å². The van der Waals surface area contributed by atoms with Gasteiger partial charge < -0.3 is 5.32 Å². The van der Waals surface area contributed by atoms with Crippen LogP contribution in [0.1, 0.15) is 24.3 Å². The molecule has 0 atom stereocenters. The molecule has 1 aromatic rings. The topological polar surface area (TPSA) is 12.0 Å². The SMILES string of the molecule is CNC(C)(C)c1scc(C)c1Br. The number of halogens is 1. The van der Waals surface area contributed by atoms with Crippen LogP contribution in [-0.2, 0) is 5.54 Å². The molecule has 68 valence electrons. The fourth-order valence-electron chi connectivity index (χ4n) is 0.965. The largest absolute Gasteiger partial charge is 0.310 e. The van der Waals surface area contributed by atoms with Gasteiger partial charge in [-0.2, -0.15) is 0 Å². The maximum Gasteiger partial charge on any atom is 0.0480 e. The molecule has 0 unspecified atom stereocenters. The monoisotopic (exact) mass is 247 g/mol. The molecule has 0 aromatic carbocycles. The molecule has 0 saturated heterocycles. The lowest BCUT2D eigenvalue weighted by Crippen LogP contribution is -2.32. The van der Waals surface area contributed by atoms with Gasteiger partial charge in [0.05, 0.1) is 0 Å². The molecule has 0 bridgehead atoms. The zero-order chi connectivity index (χ0) is 9.35. The smallest absolute Gasteiger partial charge is 0.0480 e. The summed E-state index contributed by atoms with van der Waals surface area (Å²) in [6.45, 7) is 6.49. The number of hydrogen-bond acceptors (Lipinski definition) is 2. The average molecular weight is 248 g/mol. The molecule has 12 heavy (non-hydrogen) atoms. The van der Waals surface area contributed by atoms with E-state index in [1.165, 1.54) is 14.9 Å². The van der Waals surface area contributed by atoms with Gasteiger partial charge in [-0.05, 0) is 54.7 Å². The zero-order valence-corrected chi connectivity index (χ0v) is 10.3. The minimum absolute atomic E-state index is 0.0672. The van der Waals surface area contributed by atoms with Crippen molar-refractivity contribution < 1.29 is 0 Å². The standard InChI is InChI=1S/C9H14BrNS/c1-6-5-12-8(7(6)10)9(2,3)11-4/h5,11H,1-4H3. The predicted octanol–water partition coefficient (Wildman–Crippen LogP) is 3.27. The minimum Gasteiger partial charge on any atom is -0.310 e. The summed E-state index contributed by atoms with van der Waals surface area (Å²) in [5.74, 6) is 0. The van der Waals surface area contributed by atoms with E-state index < -0.39 is 0 Å². The number of aryl methyl sites for hydroxylation is 1. The molecular formula is C9H14BrNS. The molecule has 0 aliphatic rings. The summed E-state index contributed by atoms with van der Waals surface area (Å²) in [5.41, 5.74) is 1.39. The Balaban J connectivity index is 3.11. The highest BCUT2D eigenvalue weighted by Crippen LogP contribution is 2.35. The van der Waals surface area contributed by atoms with Gasteiger partial charge in [0.1, 0.15) is 0 Å². The van der Waals surface area contributed by atoms with E-state index in [9.17, 15) is 0 Å². The normalized spacial score (nSPS) is 12.1. The molecule has 0 amide bonds. The second-order valence-electron chi connectivity index (χ2n) is 3.44. The summed E-state index contributed by atoms with van der Waals surface area (Å²) in [7, 11) is 1.99. The lowest BCUT2D eigenvalue weighted by Gasteiger charge is -2.23. The second kappa shape index (κ2) is 3.48. The van der Waals surface area contributed by atoms with Crippen molar-refractivity contribution >= 4 is 27.3 Å². The Morgan fingerprint density at radius 2 is 2.08 bits per heavy atom. The molecule has 0 fully saturated rings. The fourth-order valence-corrected chi connectivity index (χ4v) is 3.08. The lowest BCUT2D eigenvalue weighted by atomic mass is 10.0. The van der Waals surface area contributed by atoms with Crippen molar-refractivity contribution in [2.45, 2.75) is 26.3 Å². The Morgan fingerprint density at radius 3 is 2.42 bits per heavy atom. The van der Waals surface area contributed by atoms with Crippen molar-refractivity contribution in [3.05, 3.63) is 20.3 Å². The van der Waals surface area contributed by atoms with Crippen molar-refractivity contribution in [3.8, 4) is 0 Å². The van der Waals surface area contributed by atoms with Gasteiger partial charge in [0, 0.05) is 14.9 Å². The van der Waals surface area contributed by atoms with E-state index in [4.69, 9.17) is 0 Å². The number of nitrogens with one attached hydrogen (secondary N) is 1. The number of thiophene rings is 1. The highest BCUT2D eigenvalue weighted by molar-refractivity contribution is 9.10. The first-order valence-electron chi connectivity index (χ1n) is 3.92. The molecule has 1 rings (SSSR count). The Labute approximate surface area is 86.3 Å². The highest BCUT2D eigenvalue weighted by atomic mass is 79.9. The van der Waals surface area contributed by atoms with Gasteiger partial charge in [0.15, 0.2) is 0 Å². The average Bonchev–Trinajstić information content (AvgIpc) is 2.33. The van der Waals surface area contributed by atoms with Crippen LogP contribution < -0.4 is 5.32 Å². The van der Waals surface area contributed by atoms with E-state index in [2.05, 4.69) is 47.4 Å². The van der Waals surface area contributed by atoms with Gasteiger partial charge >= 0.3 is 0 Å². The number of rotatable bonds is 2. The fraction of sp³-hybridized carbons (Fsp3) is 0.556. The molecule has 1 nitrogen and oxygen atoms in total. The van der Waals surface area contributed by atoms with E-state index in [0.717, 1.165) is 0 Å². The lowest BCUT2D eigenvalue weighted by molar-refractivity contribution is 0.452. The zero-order valence-electron chi connectivity index (χ0n) is 7.86. The molecule has 1 N–H and O–H groups in total. The van der Waals surface area contributed by atoms with Crippen LogP contribution in [0.5, 0.6) is 0 Å².